The number of nitrogens with zero attached hydrogens (tertiary/aromatic N) is 1. The molecular weight excluding hydrogens is 413 g/mol. The molecule has 0 aliphatic rings. The third kappa shape index (κ3) is 14.7. The Morgan fingerprint density at radius 1 is 0.625 bits per heavy atom. The highest BCUT2D eigenvalue weighted by Gasteiger charge is 2.46. The third-order valence-corrected chi connectivity index (χ3v) is 9.21. The molecule has 0 aromatic carbocycles. The van der Waals surface area contributed by atoms with Crippen LogP contribution in [0, 0.1) is 0 Å². The highest BCUT2D eigenvalue weighted by atomic mass is 31.1. The largest absolute Gasteiger partial charge is 0.378 e. The molecule has 0 heterocycles. The fraction of sp³-hybridized carbons (Fsp3) is 0.929. The maximum Gasteiger partial charge on any atom is 0.378 e. The van der Waals surface area contributed by atoms with Crippen molar-refractivity contribution >= 4 is 7.68 Å². The fourth-order valence-corrected chi connectivity index (χ4v) is 6.07. The van der Waals surface area contributed by atoms with E-state index in [-0.39, 0.29) is 0 Å². The highest BCUT2D eigenvalue weighted by Crippen LogP contribution is 2.43. The van der Waals surface area contributed by atoms with Gasteiger partial charge in [0.05, 0.1) is 21.1 Å². The van der Waals surface area contributed by atoms with Gasteiger partial charge in [0.2, 0.25) is 5.28 Å². The lowest BCUT2D eigenvalue weighted by atomic mass is 10.0. The molecule has 0 N–H and O–H groups in total. The Labute approximate surface area is 202 Å². The maximum atomic E-state index is 11.9. The first-order valence-electron chi connectivity index (χ1n) is 13.9. The Morgan fingerprint density at radius 3 is 1.19 bits per heavy atom. The van der Waals surface area contributed by atoms with Gasteiger partial charge in [-0.1, -0.05) is 116 Å². The van der Waals surface area contributed by atoms with Gasteiger partial charge in [-0.05, 0) is 19.3 Å². The van der Waals surface area contributed by atoms with E-state index >= 15 is 0 Å². The molecule has 0 radical (unpaired) electrons. The van der Waals surface area contributed by atoms with E-state index in [1.807, 2.05) is 34.1 Å². The van der Waals surface area contributed by atoms with E-state index in [1.165, 1.54) is 116 Å². The van der Waals surface area contributed by atoms with Crippen molar-refractivity contribution in [2.24, 2.45) is 0 Å². The number of rotatable bonds is 24. The van der Waals surface area contributed by atoms with Crippen LogP contribution in [-0.2, 0) is 9.13 Å². The summed E-state index contributed by atoms with van der Waals surface area (Å²) in [7, 11) is 3.64. The summed E-state index contributed by atoms with van der Waals surface area (Å²) in [5.74, 6) is 0. The molecule has 0 aliphatic heterocycles. The van der Waals surface area contributed by atoms with Crippen molar-refractivity contribution in [3.63, 3.8) is 0 Å². The number of hydrogen-bond acceptors (Lipinski definition) is 2. The molecule has 32 heavy (non-hydrogen) atoms. The Kier molecular flexibility index (Phi) is 19.8. The highest BCUT2D eigenvalue weighted by molar-refractivity contribution is 7.32. The first-order valence-corrected chi connectivity index (χ1v) is 15.1. The molecule has 0 amide bonds. The molecule has 1 unspecified atom stereocenters. The van der Waals surface area contributed by atoms with Crippen molar-refractivity contribution in [1.82, 2.24) is 0 Å². The minimum Gasteiger partial charge on any atom is -0.314 e. The normalized spacial score (nSPS) is 13.8. The van der Waals surface area contributed by atoms with Crippen LogP contribution >= 0.6 is 7.68 Å². The van der Waals surface area contributed by atoms with Crippen molar-refractivity contribution in [2.75, 3.05) is 21.1 Å². The average molecular weight is 471 g/mol. The molecular formula is C28H57NO2P+. The predicted octanol–water partition coefficient (Wildman–Crippen LogP) is 9.96. The molecule has 0 saturated carbocycles. The van der Waals surface area contributed by atoms with Crippen molar-refractivity contribution in [1.29, 1.82) is 0 Å². The van der Waals surface area contributed by atoms with E-state index in [9.17, 15) is 9.13 Å². The van der Waals surface area contributed by atoms with Crippen LogP contribution < -0.4 is 0 Å². The molecule has 0 saturated heterocycles. The molecule has 0 fully saturated rings. The summed E-state index contributed by atoms with van der Waals surface area (Å²) >= 11 is 0. The Bertz CT molecular complexity index is 502. The van der Waals surface area contributed by atoms with Crippen molar-refractivity contribution in [2.45, 2.75) is 147 Å². The summed E-state index contributed by atoms with van der Waals surface area (Å²) in [5.41, 5.74) is 0. The SMILES string of the molecule is C=CCCCCCCCCCCCCCCCCCCCCC(CC)(P(=O)=O)[N+](C)(C)C. The van der Waals surface area contributed by atoms with Crippen LogP contribution in [0.2, 0.25) is 0 Å². The second-order valence-corrected chi connectivity index (χ2v) is 12.1. The van der Waals surface area contributed by atoms with Gasteiger partial charge in [0, 0.05) is 12.8 Å². The summed E-state index contributed by atoms with van der Waals surface area (Å²) in [6.45, 7) is 5.80. The lowest BCUT2D eigenvalue weighted by Gasteiger charge is -2.40. The van der Waals surface area contributed by atoms with Crippen LogP contribution in [-0.4, -0.2) is 30.9 Å². The van der Waals surface area contributed by atoms with Gasteiger partial charge in [-0.3, -0.25) is 0 Å². The smallest absolute Gasteiger partial charge is 0.314 e. The number of unbranched alkanes of at least 4 members (excludes halogenated alkanes) is 18. The molecule has 0 aliphatic carbocycles. The van der Waals surface area contributed by atoms with Gasteiger partial charge in [0.25, 0.3) is 0 Å². The zero-order chi connectivity index (χ0) is 24.1. The molecule has 0 aromatic heterocycles. The van der Waals surface area contributed by atoms with Gasteiger partial charge >= 0.3 is 7.68 Å². The molecule has 190 valence electrons. The summed E-state index contributed by atoms with van der Waals surface area (Å²) < 4.78 is 24.4. The van der Waals surface area contributed by atoms with Crippen LogP contribution in [0.15, 0.2) is 12.7 Å². The zero-order valence-corrected chi connectivity index (χ0v) is 23.2. The van der Waals surface area contributed by atoms with E-state index in [0.29, 0.717) is 10.9 Å². The van der Waals surface area contributed by atoms with Gasteiger partial charge in [-0.25, -0.2) is 9.13 Å². The van der Waals surface area contributed by atoms with E-state index in [2.05, 4.69) is 6.58 Å². The molecule has 1 atom stereocenters. The van der Waals surface area contributed by atoms with Crippen molar-refractivity contribution < 1.29 is 13.6 Å². The van der Waals surface area contributed by atoms with E-state index < -0.39 is 13.0 Å². The topological polar surface area (TPSA) is 34.1 Å². The van der Waals surface area contributed by atoms with Gasteiger partial charge < -0.3 is 4.48 Å². The molecule has 0 bridgehead atoms. The van der Waals surface area contributed by atoms with Crippen LogP contribution in [0.4, 0.5) is 0 Å². The average Bonchev–Trinajstić information content (AvgIpc) is 2.74. The quantitative estimate of drug-likeness (QED) is 0.0608. The standard InChI is InChI=1S/C28H57NO2P/c1-6-8-9-10-11-12-13-14-15-16-17-18-19-20-21-22-23-24-25-26-27-28(7-2,32(30)31)29(3,4)5/h6H,1,7-27H2,2-5H3/q+1. The van der Waals surface area contributed by atoms with Crippen LogP contribution in [0.25, 0.3) is 0 Å². The molecule has 0 rings (SSSR count). The third-order valence-electron chi connectivity index (χ3n) is 7.39. The number of allylic oxidation sites excluding steroid dienone is 1. The van der Waals surface area contributed by atoms with Gasteiger partial charge in [0.15, 0.2) is 0 Å². The van der Waals surface area contributed by atoms with Gasteiger partial charge in [0.1, 0.15) is 0 Å². The van der Waals surface area contributed by atoms with Crippen LogP contribution in [0.3, 0.4) is 0 Å². The summed E-state index contributed by atoms with van der Waals surface area (Å²) in [6, 6.07) is 0. The molecule has 3 nitrogen and oxygen atoms in total. The monoisotopic (exact) mass is 470 g/mol. The number of quaternary nitrogens is 1. The zero-order valence-electron chi connectivity index (χ0n) is 22.3. The Morgan fingerprint density at radius 2 is 0.938 bits per heavy atom. The van der Waals surface area contributed by atoms with Crippen LogP contribution in [0.5, 0.6) is 0 Å². The second-order valence-electron chi connectivity index (χ2n) is 10.8. The van der Waals surface area contributed by atoms with Crippen molar-refractivity contribution in [3.05, 3.63) is 12.7 Å². The first kappa shape index (κ1) is 31.6. The second kappa shape index (κ2) is 20.0. The molecule has 0 aromatic rings. The number of hydrogen-bond donors (Lipinski definition) is 0. The predicted molar refractivity (Wildman–Crippen MR) is 142 cm³/mol. The Balaban J connectivity index is 3.45. The lowest BCUT2D eigenvalue weighted by molar-refractivity contribution is -0.908. The maximum absolute atomic E-state index is 11.9. The van der Waals surface area contributed by atoms with E-state index in [1.54, 1.807) is 0 Å². The van der Waals surface area contributed by atoms with Gasteiger partial charge in [-0.2, -0.15) is 0 Å². The summed E-state index contributed by atoms with van der Waals surface area (Å²) in [5, 5.41) is -0.597. The first-order chi connectivity index (χ1) is 15.3. The van der Waals surface area contributed by atoms with E-state index in [4.69, 9.17) is 0 Å². The molecule has 4 heteroatoms. The van der Waals surface area contributed by atoms with Gasteiger partial charge in [-0.15, -0.1) is 6.58 Å². The van der Waals surface area contributed by atoms with Crippen molar-refractivity contribution in [3.8, 4) is 0 Å². The molecule has 0 spiro atoms. The minimum atomic E-state index is -2.41. The lowest BCUT2D eigenvalue weighted by Crippen LogP contribution is -2.53. The van der Waals surface area contributed by atoms with Crippen LogP contribution in [0.1, 0.15) is 142 Å². The summed E-state index contributed by atoms with van der Waals surface area (Å²) in [6.07, 6.45) is 29.1. The summed E-state index contributed by atoms with van der Waals surface area (Å²) in [4.78, 5) is 0. The fourth-order valence-electron chi connectivity index (χ4n) is 4.98. The Hall–Kier alpha value is -0.400. The van der Waals surface area contributed by atoms with E-state index in [0.717, 1.165) is 12.8 Å². The minimum absolute atomic E-state index is 0.513.